The number of amides is 2. The fourth-order valence-corrected chi connectivity index (χ4v) is 7.09. The van der Waals surface area contributed by atoms with Gasteiger partial charge in [-0.1, -0.05) is 19.4 Å². The minimum absolute atomic E-state index is 0.0503. The van der Waals surface area contributed by atoms with Crippen molar-refractivity contribution in [3.63, 3.8) is 0 Å². The molecule has 1 aliphatic carbocycles. The Hall–Kier alpha value is -3.84. The van der Waals surface area contributed by atoms with Gasteiger partial charge in [-0.25, -0.2) is 8.78 Å². The fourth-order valence-electron chi connectivity index (χ4n) is 7.09. The smallest absolute Gasteiger partial charge is 0.390 e. The first-order chi connectivity index (χ1) is 23.4. The lowest BCUT2D eigenvalue weighted by Crippen LogP contribution is -2.49. The van der Waals surface area contributed by atoms with E-state index in [2.05, 4.69) is 22.7 Å². The fraction of sp³-hybridized carbons (Fsp3) is 0.528. The van der Waals surface area contributed by atoms with E-state index < -0.39 is 47.5 Å². The van der Waals surface area contributed by atoms with Gasteiger partial charge in [-0.15, -0.1) is 0 Å². The minimum Gasteiger partial charge on any atom is -0.390 e. The van der Waals surface area contributed by atoms with Crippen molar-refractivity contribution in [1.82, 2.24) is 25.3 Å². The normalized spacial score (nSPS) is 19.3. The summed E-state index contributed by atoms with van der Waals surface area (Å²) in [5.41, 5.74) is 0.930. The van der Waals surface area contributed by atoms with Crippen molar-refractivity contribution >= 4 is 11.8 Å². The van der Waals surface area contributed by atoms with Crippen molar-refractivity contribution in [2.75, 3.05) is 13.1 Å². The summed E-state index contributed by atoms with van der Waals surface area (Å²) in [5.74, 6) is -2.54. The number of carbonyl (C=O) groups excluding carboxylic acids is 2. The first-order valence-electron chi connectivity index (χ1n) is 17.1. The van der Waals surface area contributed by atoms with E-state index in [-0.39, 0.29) is 41.9 Å². The standard InChI is InChI=1S/C36H44F5N5O3/c1-3-8-27-10-5-6-14-45(27)35(49)32-20-31(44-46(32)4-2)34(48)43-30(17-22-15-25(37)19-26(38)16-22)33(47)21-42-29-11-7-9-23-12-13-24(18-28(23)29)36(39,40)41/h12-13,15-16,18-20,27,29-30,33,42,47H,3-11,14,17,21H2,1-2H3,(H,43,48)/t27?,29-,30-,33-/m0/s1. The molecule has 0 radical (unpaired) electrons. The van der Waals surface area contributed by atoms with Crippen LogP contribution in [0.1, 0.15) is 108 Å². The molecule has 13 heteroatoms. The maximum absolute atomic E-state index is 14.1. The summed E-state index contributed by atoms with van der Waals surface area (Å²) >= 11 is 0. The number of aryl methyl sites for hydroxylation is 2. The van der Waals surface area contributed by atoms with E-state index in [4.69, 9.17) is 0 Å². The number of likely N-dealkylation sites (tertiary alicyclic amines) is 1. The Morgan fingerprint density at radius 1 is 1.02 bits per heavy atom. The van der Waals surface area contributed by atoms with E-state index in [1.165, 1.54) is 16.8 Å². The van der Waals surface area contributed by atoms with E-state index in [0.717, 1.165) is 68.4 Å². The molecule has 1 saturated heterocycles. The summed E-state index contributed by atoms with van der Waals surface area (Å²) in [7, 11) is 0. The highest BCUT2D eigenvalue weighted by molar-refractivity contribution is 5.98. The SMILES string of the molecule is CCCC1CCCCN1C(=O)c1cc(C(=O)N[C@@H](Cc2cc(F)cc(F)c2)[C@@H](O)CN[C@H]2CCCc3ccc(C(F)(F)F)cc32)nn1CC. The number of nitrogens with zero attached hydrogens (tertiary/aromatic N) is 3. The van der Waals surface area contributed by atoms with E-state index >= 15 is 0 Å². The lowest BCUT2D eigenvalue weighted by Gasteiger charge is -2.35. The molecule has 0 saturated carbocycles. The van der Waals surface area contributed by atoms with Crippen molar-refractivity contribution in [2.45, 2.75) is 109 Å². The molecule has 5 rings (SSSR count). The maximum Gasteiger partial charge on any atom is 0.416 e. The van der Waals surface area contributed by atoms with Gasteiger partial charge in [-0.05, 0) is 99.2 Å². The number of nitrogens with one attached hydrogen (secondary N) is 2. The van der Waals surface area contributed by atoms with E-state index in [1.807, 2.05) is 11.8 Å². The summed E-state index contributed by atoms with van der Waals surface area (Å²) in [6.45, 7) is 4.70. The third-order valence-electron chi connectivity index (χ3n) is 9.56. The molecule has 1 aliphatic heterocycles. The number of alkyl halides is 3. The van der Waals surface area contributed by atoms with Gasteiger partial charge in [-0.3, -0.25) is 14.3 Å². The Morgan fingerprint density at radius 2 is 1.78 bits per heavy atom. The van der Waals surface area contributed by atoms with Gasteiger partial charge in [0.15, 0.2) is 5.69 Å². The molecule has 49 heavy (non-hydrogen) atoms. The van der Waals surface area contributed by atoms with Crippen molar-refractivity contribution in [3.05, 3.63) is 87.7 Å². The predicted molar refractivity (Wildman–Crippen MR) is 174 cm³/mol. The molecule has 266 valence electrons. The number of benzene rings is 2. The minimum atomic E-state index is -4.51. The van der Waals surface area contributed by atoms with Crippen LogP contribution in [0.15, 0.2) is 42.5 Å². The molecule has 0 bridgehead atoms. The Balaban J connectivity index is 1.36. The average molecular weight is 690 g/mol. The van der Waals surface area contributed by atoms with Gasteiger partial charge >= 0.3 is 6.18 Å². The summed E-state index contributed by atoms with van der Waals surface area (Å²) in [4.78, 5) is 29.2. The number of halogens is 5. The van der Waals surface area contributed by atoms with Gasteiger partial charge in [0.05, 0.1) is 17.7 Å². The number of aliphatic hydroxyl groups excluding tert-OH is 1. The van der Waals surface area contributed by atoms with Crippen molar-refractivity contribution < 1.29 is 36.6 Å². The second-order valence-corrected chi connectivity index (χ2v) is 13.1. The molecule has 2 aliphatic rings. The molecule has 2 aromatic carbocycles. The summed E-state index contributed by atoms with van der Waals surface area (Å²) in [6.07, 6.45) is 0.580. The van der Waals surface area contributed by atoms with Crippen LogP contribution in [0.5, 0.6) is 0 Å². The van der Waals surface area contributed by atoms with E-state index in [9.17, 15) is 36.6 Å². The first kappa shape index (κ1) is 36.4. The van der Waals surface area contributed by atoms with Gasteiger partial charge < -0.3 is 20.6 Å². The highest BCUT2D eigenvalue weighted by atomic mass is 19.4. The summed E-state index contributed by atoms with van der Waals surface area (Å²) in [5, 5.41) is 21.7. The number of aromatic nitrogens is 2. The lowest BCUT2D eigenvalue weighted by molar-refractivity contribution is -0.137. The van der Waals surface area contributed by atoms with Crippen LogP contribution in [-0.2, 0) is 25.6 Å². The predicted octanol–water partition coefficient (Wildman–Crippen LogP) is 6.36. The van der Waals surface area contributed by atoms with Crippen LogP contribution in [0.3, 0.4) is 0 Å². The highest BCUT2D eigenvalue weighted by Gasteiger charge is 2.34. The number of hydrogen-bond donors (Lipinski definition) is 3. The van der Waals surface area contributed by atoms with Crippen LogP contribution < -0.4 is 10.6 Å². The third kappa shape index (κ3) is 8.85. The molecule has 8 nitrogen and oxygen atoms in total. The first-order valence-corrected chi connectivity index (χ1v) is 17.1. The quantitative estimate of drug-likeness (QED) is 0.192. The van der Waals surface area contributed by atoms with Crippen molar-refractivity contribution in [1.29, 1.82) is 0 Å². The van der Waals surface area contributed by atoms with Crippen LogP contribution in [-0.4, -0.2) is 62.9 Å². The zero-order valence-corrected chi connectivity index (χ0v) is 27.8. The van der Waals surface area contributed by atoms with Gasteiger partial charge in [0.25, 0.3) is 11.8 Å². The maximum atomic E-state index is 14.1. The average Bonchev–Trinajstić information content (AvgIpc) is 3.51. The number of aliphatic hydroxyl groups is 1. The topological polar surface area (TPSA) is 99.5 Å². The van der Waals surface area contributed by atoms with Gasteiger partial charge in [0.1, 0.15) is 17.3 Å². The number of hydrogen-bond acceptors (Lipinski definition) is 5. The largest absolute Gasteiger partial charge is 0.416 e. The molecule has 1 unspecified atom stereocenters. The molecular formula is C36H44F5N5O3. The van der Waals surface area contributed by atoms with Crippen LogP contribution in [0.4, 0.5) is 22.0 Å². The van der Waals surface area contributed by atoms with Gasteiger partial charge in [0, 0.05) is 43.9 Å². The molecule has 3 aromatic rings. The molecule has 4 atom stereocenters. The number of fused-ring (bicyclic) bond motifs is 1. The van der Waals surface area contributed by atoms with Crippen LogP contribution in [0.25, 0.3) is 0 Å². The Bertz CT molecular complexity index is 1600. The highest BCUT2D eigenvalue weighted by Crippen LogP contribution is 2.36. The molecule has 2 amide bonds. The van der Waals surface area contributed by atoms with E-state index in [0.29, 0.717) is 37.6 Å². The molecule has 1 fully saturated rings. The zero-order valence-electron chi connectivity index (χ0n) is 27.8. The van der Waals surface area contributed by atoms with Crippen LogP contribution in [0, 0.1) is 11.6 Å². The second kappa shape index (κ2) is 15.8. The van der Waals surface area contributed by atoms with Crippen LogP contribution in [0.2, 0.25) is 0 Å². The zero-order chi connectivity index (χ0) is 35.3. The third-order valence-corrected chi connectivity index (χ3v) is 9.56. The van der Waals surface area contributed by atoms with Gasteiger partial charge in [0.2, 0.25) is 0 Å². The summed E-state index contributed by atoms with van der Waals surface area (Å²) < 4.78 is 70.2. The van der Waals surface area contributed by atoms with E-state index in [1.54, 1.807) is 0 Å². The number of piperidine rings is 1. The monoisotopic (exact) mass is 689 g/mol. The summed E-state index contributed by atoms with van der Waals surface area (Å²) in [6, 6.07) is 6.58. The molecule has 3 N–H and O–H groups in total. The molecule has 1 aromatic heterocycles. The molecule has 0 spiro atoms. The van der Waals surface area contributed by atoms with Gasteiger partial charge in [-0.2, -0.15) is 18.3 Å². The number of rotatable bonds is 12. The van der Waals surface area contributed by atoms with Crippen LogP contribution >= 0.6 is 0 Å². The lowest BCUT2D eigenvalue weighted by atomic mass is 9.86. The second-order valence-electron chi connectivity index (χ2n) is 13.1. The Kier molecular flexibility index (Phi) is 11.7. The molecule has 2 heterocycles. The molecular weight excluding hydrogens is 645 g/mol. The number of carbonyl (C=O) groups is 2. The Morgan fingerprint density at radius 3 is 2.47 bits per heavy atom. The Labute approximate surface area is 283 Å². The van der Waals surface area contributed by atoms with Crippen molar-refractivity contribution in [2.24, 2.45) is 0 Å². The van der Waals surface area contributed by atoms with Crippen molar-refractivity contribution in [3.8, 4) is 0 Å².